The zero-order valence-corrected chi connectivity index (χ0v) is 9.36. The Balaban J connectivity index is 2.64. The Bertz CT molecular complexity index is 350. The number of benzene rings is 1. The van der Waals surface area contributed by atoms with Gasteiger partial charge >= 0.3 is 5.97 Å². The van der Waals surface area contributed by atoms with Crippen molar-refractivity contribution in [3.63, 3.8) is 0 Å². The standard InChI is InChI=1S/C13H16O2/c1-10(2)9-11(3)13(14)15-12-7-5-4-6-8-12/h4-10H,1-3H3. The van der Waals surface area contributed by atoms with Gasteiger partial charge in [0.05, 0.1) is 0 Å². The Labute approximate surface area is 90.6 Å². The second-order valence-corrected chi connectivity index (χ2v) is 3.80. The molecule has 0 fully saturated rings. The van der Waals surface area contributed by atoms with Crippen LogP contribution in [-0.2, 0) is 4.79 Å². The molecule has 0 aliphatic carbocycles. The third-order valence-corrected chi connectivity index (χ3v) is 1.86. The molecule has 2 nitrogen and oxygen atoms in total. The van der Waals surface area contributed by atoms with E-state index in [0.29, 0.717) is 17.2 Å². The highest BCUT2D eigenvalue weighted by molar-refractivity contribution is 5.89. The molecule has 1 aromatic rings. The highest BCUT2D eigenvalue weighted by Gasteiger charge is 2.07. The number of esters is 1. The minimum absolute atomic E-state index is 0.282. The summed E-state index contributed by atoms with van der Waals surface area (Å²) in [6.07, 6.45) is 1.89. The van der Waals surface area contributed by atoms with Crippen LogP contribution in [0, 0.1) is 5.92 Å². The maximum absolute atomic E-state index is 11.6. The third kappa shape index (κ3) is 3.98. The lowest BCUT2D eigenvalue weighted by Crippen LogP contribution is -2.09. The van der Waals surface area contributed by atoms with Crippen LogP contribution in [0.1, 0.15) is 20.8 Å². The molecule has 1 rings (SSSR count). The van der Waals surface area contributed by atoms with E-state index in [9.17, 15) is 4.79 Å². The van der Waals surface area contributed by atoms with Gasteiger partial charge in [0.25, 0.3) is 0 Å². The molecule has 0 bridgehead atoms. The van der Waals surface area contributed by atoms with E-state index in [0.717, 1.165) is 0 Å². The number of carbonyl (C=O) groups excluding carboxylic acids is 1. The van der Waals surface area contributed by atoms with Gasteiger partial charge in [-0.05, 0) is 25.0 Å². The van der Waals surface area contributed by atoms with Crippen molar-refractivity contribution in [1.29, 1.82) is 0 Å². The number of allylic oxidation sites excluding steroid dienone is 1. The van der Waals surface area contributed by atoms with Crippen molar-refractivity contribution in [1.82, 2.24) is 0 Å². The number of ether oxygens (including phenoxy) is 1. The highest BCUT2D eigenvalue weighted by atomic mass is 16.5. The monoisotopic (exact) mass is 204 g/mol. The number of carbonyl (C=O) groups is 1. The predicted molar refractivity (Wildman–Crippen MR) is 60.7 cm³/mol. The van der Waals surface area contributed by atoms with Crippen molar-refractivity contribution in [3.05, 3.63) is 42.0 Å². The van der Waals surface area contributed by atoms with Crippen molar-refractivity contribution < 1.29 is 9.53 Å². The quantitative estimate of drug-likeness (QED) is 0.429. The van der Waals surface area contributed by atoms with E-state index >= 15 is 0 Å². The minimum Gasteiger partial charge on any atom is -0.423 e. The zero-order chi connectivity index (χ0) is 11.3. The number of hydrogen-bond donors (Lipinski definition) is 0. The average Bonchev–Trinajstić information content (AvgIpc) is 2.18. The molecular weight excluding hydrogens is 188 g/mol. The van der Waals surface area contributed by atoms with Gasteiger partial charge < -0.3 is 4.74 Å². The van der Waals surface area contributed by atoms with Crippen molar-refractivity contribution in [2.45, 2.75) is 20.8 Å². The van der Waals surface area contributed by atoms with Gasteiger partial charge in [0, 0.05) is 5.57 Å². The molecule has 0 saturated heterocycles. The SMILES string of the molecule is CC(=CC(C)C)C(=O)Oc1ccccc1. The van der Waals surface area contributed by atoms with Gasteiger partial charge in [0.1, 0.15) is 5.75 Å². The normalized spacial score (nSPS) is 11.6. The van der Waals surface area contributed by atoms with Crippen LogP contribution < -0.4 is 4.74 Å². The van der Waals surface area contributed by atoms with Crippen LogP contribution in [0.2, 0.25) is 0 Å². The van der Waals surface area contributed by atoms with E-state index in [1.807, 2.05) is 38.1 Å². The van der Waals surface area contributed by atoms with Crippen molar-refractivity contribution >= 4 is 5.97 Å². The molecule has 0 heterocycles. The Hall–Kier alpha value is -1.57. The van der Waals surface area contributed by atoms with E-state index in [-0.39, 0.29) is 5.97 Å². The zero-order valence-electron chi connectivity index (χ0n) is 9.36. The minimum atomic E-state index is -0.282. The fourth-order valence-corrected chi connectivity index (χ4v) is 1.24. The van der Waals surface area contributed by atoms with Gasteiger partial charge in [-0.2, -0.15) is 0 Å². The average molecular weight is 204 g/mol. The number of rotatable bonds is 3. The Kier molecular flexibility index (Phi) is 4.10. The lowest BCUT2D eigenvalue weighted by Gasteiger charge is -2.04. The summed E-state index contributed by atoms with van der Waals surface area (Å²) in [5.74, 6) is 0.655. The molecule has 0 aliphatic rings. The molecule has 0 spiro atoms. The Morgan fingerprint density at radius 1 is 1.27 bits per heavy atom. The lowest BCUT2D eigenvalue weighted by atomic mass is 10.1. The van der Waals surface area contributed by atoms with E-state index in [4.69, 9.17) is 4.74 Å². The summed E-state index contributed by atoms with van der Waals surface area (Å²) < 4.78 is 5.17. The molecule has 0 unspecified atom stereocenters. The van der Waals surface area contributed by atoms with E-state index in [1.165, 1.54) is 0 Å². The van der Waals surface area contributed by atoms with Gasteiger partial charge in [-0.3, -0.25) is 0 Å². The van der Waals surface area contributed by atoms with Gasteiger partial charge in [0.15, 0.2) is 0 Å². The summed E-state index contributed by atoms with van der Waals surface area (Å²) in [5.41, 5.74) is 0.647. The number of para-hydroxylation sites is 1. The highest BCUT2D eigenvalue weighted by Crippen LogP contribution is 2.11. The van der Waals surface area contributed by atoms with Crippen LogP contribution >= 0.6 is 0 Å². The van der Waals surface area contributed by atoms with Crippen LogP contribution in [0.4, 0.5) is 0 Å². The number of hydrogen-bond acceptors (Lipinski definition) is 2. The van der Waals surface area contributed by atoms with E-state index in [2.05, 4.69) is 0 Å². The van der Waals surface area contributed by atoms with Crippen LogP contribution in [-0.4, -0.2) is 5.97 Å². The molecule has 0 radical (unpaired) electrons. The maximum atomic E-state index is 11.6. The fourth-order valence-electron chi connectivity index (χ4n) is 1.24. The van der Waals surface area contributed by atoms with Gasteiger partial charge in [-0.15, -0.1) is 0 Å². The third-order valence-electron chi connectivity index (χ3n) is 1.86. The Morgan fingerprint density at radius 2 is 1.87 bits per heavy atom. The summed E-state index contributed by atoms with van der Waals surface area (Å²) >= 11 is 0. The van der Waals surface area contributed by atoms with Crippen LogP contribution in [0.3, 0.4) is 0 Å². The summed E-state index contributed by atoms with van der Waals surface area (Å²) in [5, 5.41) is 0. The molecule has 0 N–H and O–H groups in total. The van der Waals surface area contributed by atoms with E-state index < -0.39 is 0 Å². The predicted octanol–water partition coefficient (Wildman–Crippen LogP) is 3.19. The molecule has 0 atom stereocenters. The smallest absolute Gasteiger partial charge is 0.338 e. The second kappa shape index (κ2) is 5.35. The van der Waals surface area contributed by atoms with Crippen molar-refractivity contribution in [2.75, 3.05) is 0 Å². The molecule has 1 aromatic carbocycles. The first kappa shape index (κ1) is 11.5. The fraction of sp³-hybridized carbons (Fsp3) is 0.308. The van der Waals surface area contributed by atoms with E-state index in [1.54, 1.807) is 19.1 Å². The van der Waals surface area contributed by atoms with Crippen molar-refractivity contribution in [2.24, 2.45) is 5.92 Å². The van der Waals surface area contributed by atoms with Gasteiger partial charge in [0.2, 0.25) is 0 Å². The summed E-state index contributed by atoms with van der Waals surface area (Å²) in [4.78, 5) is 11.6. The summed E-state index contributed by atoms with van der Waals surface area (Å²) in [6.45, 7) is 5.82. The molecule has 0 aromatic heterocycles. The molecule has 15 heavy (non-hydrogen) atoms. The first-order valence-corrected chi connectivity index (χ1v) is 5.05. The summed E-state index contributed by atoms with van der Waals surface area (Å²) in [7, 11) is 0. The summed E-state index contributed by atoms with van der Waals surface area (Å²) in [6, 6.07) is 9.09. The molecule has 0 aliphatic heterocycles. The van der Waals surface area contributed by atoms with Gasteiger partial charge in [-0.1, -0.05) is 38.1 Å². The molecule has 2 heteroatoms. The molecular formula is C13H16O2. The Morgan fingerprint density at radius 3 is 2.40 bits per heavy atom. The van der Waals surface area contributed by atoms with Gasteiger partial charge in [-0.25, -0.2) is 4.79 Å². The van der Waals surface area contributed by atoms with Crippen LogP contribution in [0.15, 0.2) is 42.0 Å². The molecule has 0 amide bonds. The first-order chi connectivity index (χ1) is 7.09. The first-order valence-electron chi connectivity index (χ1n) is 5.05. The second-order valence-electron chi connectivity index (χ2n) is 3.80. The van der Waals surface area contributed by atoms with Crippen molar-refractivity contribution in [3.8, 4) is 5.75 Å². The molecule has 80 valence electrons. The largest absolute Gasteiger partial charge is 0.423 e. The van der Waals surface area contributed by atoms with Crippen LogP contribution in [0.5, 0.6) is 5.75 Å². The van der Waals surface area contributed by atoms with Crippen LogP contribution in [0.25, 0.3) is 0 Å². The molecule has 0 saturated carbocycles. The topological polar surface area (TPSA) is 26.3 Å². The lowest BCUT2D eigenvalue weighted by molar-refractivity contribution is -0.130. The maximum Gasteiger partial charge on any atom is 0.338 e.